The lowest BCUT2D eigenvalue weighted by molar-refractivity contribution is -0.133. The van der Waals surface area contributed by atoms with Gasteiger partial charge in [0.2, 0.25) is 17.6 Å². The van der Waals surface area contributed by atoms with Gasteiger partial charge in [-0.3, -0.25) is 4.79 Å². The second-order valence-electron chi connectivity index (χ2n) is 5.05. The maximum atomic E-state index is 11.7. The number of piperidine rings is 1. The molecule has 1 amide bonds. The summed E-state index contributed by atoms with van der Waals surface area (Å²) in [6.07, 6.45) is 3.00. The molecule has 1 saturated heterocycles. The first-order valence-corrected chi connectivity index (χ1v) is 6.92. The van der Waals surface area contributed by atoms with Crippen LogP contribution in [0.3, 0.4) is 0 Å². The van der Waals surface area contributed by atoms with Crippen LogP contribution in [0.15, 0.2) is 34.9 Å². The molecule has 0 N–H and O–H groups in total. The van der Waals surface area contributed by atoms with Crippen LogP contribution in [0.25, 0.3) is 11.4 Å². The molecule has 5 heteroatoms. The average molecular weight is 271 g/mol. The topological polar surface area (TPSA) is 59.2 Å². The van der Waals surface area contributed by atoms with E-state index in [1.54, 1.807) is 6.92 Å². The van der Waals surface area contributed by atoms with Crippen molar-refractivity contribution in [1.82, 2.24) is 15.0 Å². The normalized spacial score (nSPS) is 19.1. The van der Waals surface area contributed by atoms with Crippen LogP contribution in [0.2, 0.25) is 0 Å². The molecule has 0 radical (unpaired) electrons. The van der Waals surface area contributed by atoms with Gasteiger partial charge in [0.15, 0.2) is 0 Å². The average Bonchev–Trinajstić information content (AvgIpc) is 2.98. The highest BCUT2D eigenvalue weighted by Gasteiger charge is 2.30. The molecule has 2 aromatic rings. The van der Waals surface area contributed by atoms with Crippen molar-refractivity contribution in [3.8, 4) is 11.4 Å². The molecule has 3 rings (SSSR count). The highest BCUT2D eigenvalue weighted by Crippen LogP contribution is 2.30. The van der Waals surface area contributed by atoms with Crippen molar-refractivity contribution >= 4 is 5.91 Å². The molecule has 0 spiro atoms. The Labute approximate surface area is 117 Å². The summed E-state index contributed by atoms with van der Waals surface area (Å²) in [4.78, 5) is 18.0. The van der Waals surface area contributed by atoms with Crippen molar-refractivity contribution < 1.29 is 9.32 Å². The fourth-order valence-corrected chi connectivity index (χ4v) is 2.64. The Balaban J connectivity index is 1.87. The highest BCUT2D eigenvalue weighted by molar-refractivity contribution is 5.73. The quantitative estimate of drug-likeness (QED) is 0.842. The van der Waals surface area contributed by atoms with Crippen molar-refractivity contribution in [2.24, 2.45) is 0 Å². The Bertz CT molecular complexity index is 594. The Kier molecular flexibility index (Phi) is 3.50. The zero-order valence-electron chi connectivity index (χ0n) is 11.5. The van der Waals surface area contributed by atoms with Gasteiger partial charge in [0.1, 0.15) is 6.04 Å². The first-order valence-electron chi connectivity index (χ1n) is 6.92. The van der Waals surface area contributed by atoms with Crippen LogP contribution >= 0.6 is 0 Å². The predicted molar refractivity (Wildman–Crippen MR) is 73.7 cm³/mol. The van der Waals surface area contributed by atoms with Gasteiger partial charge in [-0.05, 0) is 19.3 Å². The summed E-state index contributed by atoms with van der Waals surface area (Å²) in [7, 11) is 0. The Morgan fingerprint density at radius 1 is 1.30 bits per heavy atom. The molecule has 1 fully saturated rings. The van der Waals surface area contributed by atoms with E-state index < -0.39 is 0 Å². The van der Waals surface area contributed by atoms with Gasteiger partial charge in [0.05, 0.1) is 0 Å². The second kappa shape index (κ2) is 5.45. The summed E-state index contributed by atoms with van der Waals surface area (Å²) in [6.45, 7) is 2.36. The molecule has 0 bridgehead atoms. The first kappa shape index (κ1) is 12.8. The summed E-state index contributed by atoms with van der Waals surface area (Å²) >= 11 is 0. The van der Waals surface area contributed by atoms with Gasteiger partial charge in [-0.1, -0.05) is 35.5 Å². The molecule has 0 aliphatic carbocycles. The van der Waals surface area contributed by atoms with E-state index in [9.17, 15) is 4.79 Å². The monoisotopic (exact) mass is 271 g/mol. The first-order chi connectivity index (χ1) is 9.75. The number of aromatic nitrogens is 2. The van der Waals surface area contributed by atoms with Crippen LogP contribution in [-0.2, 0) is 4.79 Å². The van der Waals surface area contributed by atoms with Crippen molar-refractivity contribution in [3.63, 3.8) is 0 Å². The van der Waals surface area contributed by atoms with Crippen LogP contribution in [0.4, 0.5) is 0 Å². The van der Waals surface area contributed by atoms with Gasteiger partial charge in [0.25, 0.3) is 0 Å². The van der Waals surface area contributed by atoms with Gasteiger partial charge >= 0.3 is 0 Å². The Morgan fingerprint density at radius 2 is 2.10 bits per heavy atom. The van der Waals surface area contributed by atoms with Gasteiger partial charge in [-0.15, -0.1) is 0 Å². The lowest BCUT2D eigenvalue weighted by Gasteiger charge is -2.32. The number of rotatable bonds is 2. The molecule has 0 unspecified atom stereocenters. The second-order valence-corrected chi connectivity index (χ2v) is 5.05. The maximum absolute atomic E-state index is 11.7. The maximum Gasteiger partial charge on any atom is 0.249 e. The van der Waals surface area contributed by atoms with E-state index in [1.807, 2.05) is 35.2 Å². The number of likely N-dealkylation sites (tertiary alicyclic amines) is 1. The van der Waals surface area contributed by atoms with Crippen molar-refractivity contribution in [3.05, 3.63) is 36.2 Å². The van der Waals surface area contributed by atoms with Gasteiger partial charge < -0.3 is 9.42 Å². The van der Waals surface area contributed by atoms with Crippen LogP contribution in [0, 0.1) is 0 Å². The molecule has 1 aromatic carbocycles. The number of carbonyl (C=O) groups excluding carboxylic acids is 1. The summed E-state index contributed by atoms with van der Waals surface area (Å²) in [5, 5.41) is 4.03. The standard InChI is InChI=1S/C15H17N3O2/c1-11(19)18-10-6-5-9-13(18)15-16-14(17-20-15)12-7-3-2-4-8-12/h2-4,7-8,13H,5-6,9-10H2,1H3/t13-/m0/s1. The Hall–Kier alpha value is -2.17. The number of hydrogen-bond donors (Lipinski definition) is 0. The molecule has 5 nitrogen and oxygen atoms in total. The SMILES string of the molecule is CC(=O)N1CCCC[C@H]1c1nc(-c2ccccc2)no1. The van der Waals surface area contributed by atoms with Crippen LogP contribution in [0.5, 0.6) is 0 Å². The van der Waals surface area contributed by atoms with Crippen LogP contribution in [-0.4, -0.2) is 27.5 Å². The minimum absolute atomic E-state index is 0.0640. The van der Waals surface area contributed by atoms with Crippen molar-refractivity contribution in [2.45, 2.75) is 32.2 Å². The van der Waals surface area contributed by atoms with E-state index >= 15 is 0 Å². The number of carbonyl (C=O) groups is 1. The molecule has 2 heterocycles. The number of benzene rings is 1. The third-order valence-corrected chi connectivity index (χ3v) is 3.67. The molecule has 1 aliphatic rings. The van der Waals surface area contributed by atoms with E-state index in [1.165, 1.54) is 0 Å². The van der Waals surface area contributed by atoms with Crippen LogP contribution in [0.1, 0.15) is 38.1 Å². The number of amides is 1. The van der Waals surface area contributed by atoms with Crippen molar-refractivity contribution in [1.29, 1.82) is 0 Å². The molecule has 1 atom stereocenters. The lowest BCUT2D eigenvalue weighted by atomic mass is 10.0. The third kappa shape index (κ3) is 2.43. The predicted octanol–water partition coefficient (Wildman–Crippen LogP) is 2.81. The van der Waals surface area contributed by atoms with E-state index in [4.69, 9.17) is 4.52 Å². The third-order valence-electron chi connectivity index (χ3n) is 3.67. The summed E-state index contributed by atoms with van der Waals surface area (Å²) in [5.41, 5.74) is 0.924. The zero-order chi connectivity index (χ0) is 13.9. The van der Waals surface area contributed by atoms with Crippen LogP contribution < -0.4 is 0 Å². The summed E-state index contributed by atoms with van der Waals surface area (Å²) in [6, 6.07) is 9.63. The van der Waals surface area contributed by atoms with Crippen molar-refractivity contribution in [2.75, 3.05) is 6.54 Å². The van der Waals surface area contributed by atoms with E-state index in [2.05, 4.69) is 10.1 Å². The fourth-order valence-electron chi connectivity index (χ4n) is 2.64. The zero-order valence-corrected chi connectivity index (χ0v) is 11.5. The van der Waals surface area contributed by atoms with E-state index in [0.29, 0.717) is 11.7 Å². The molecule has 0 saturated carbocycles. The largest absolute Gasteiger partial charge is 0.337 e. The van der Waals surface area contributed by atoms with E-state index in [0.717, 1.165) is 31.4 Å². The summed E-state index contributed by atoms with van der Waals surface area (Å²) < 4.78 is 5.38. The smallest absolute Gasteiger partial charge is 0.249 e. The molecule has 1 aliphatic heterocycles. The number of hydrogen-bond acceptors (Lipinski definition) is 4. The van der Waals surface area contributed by atoms with E-state index in [-0.39, 0.29) is 11.9 Å². The molecule has 20 heavy (non-hydrogen) atoms. The lowest BCUT2D eigenvalue weighted by Crippen LogP contribution is -2.37. The van der Waals surface area contributed by atoms with Gasteiger partial charge in [-0.25, -0.2) is 0 Å². The number of nitrogens with zero attached hydrogens (tertiary/aromatic N) is 3. The highest BCUT2D eigenvalue weighted by atomic mass is 16.5. The molecule has 1 aromatic heterocycles. The molecular weight excluding hydrogens is 254 g/mol. The molecular formula is C15H17N3O2. The van der Waals surface area contributed by atoms with Gasteiger partial charge in [-0.2, -0.15) is 4.98 Å². The fraction of sp³-hybridized carbons (Fsp3) is 0.400. The summed E-state index contributed by atoms with van der Waals surface area (Å²) in [5.74, 6) is 1.18. The Morgan fingerprint density at radius 3 is 2.85 bits per heavy atom. The van der Waals surface area contributed by atoms with Gasteiger partial charge in [0, 0.05) is 19.0 Å². The minimum atomic E-state index is -0.0776. The minimum Gasteiger partial charge on any atom is -0.337 e. The molecule has 104 valence electrons.